The lowest BCUT2D eigenvalue weighted by atomic mass is 10.1. The van der Waals surface area contributed by atoms with Crippen molar-refractivity contribution < 1.29 is 9.90 Å². The third-order valence-electron chi connectivity index (χ3n) is 4.00. The van der Waals surface area contributed by atoms with Crippen LogP contribution in [-0.2, 0) is 6.54 Å². The van der Waals surface area contributed by atoms with Gasteiger partial charge < -0.3 is 10.4 Å². The number of nitrogens with zero attached hydrogens (tertiary/aromatic N) is 1. The van der Waals surface area contributed by atoms with E-state index in [-0.39, 0.29) is 0 Å². The number of thiophene rings is 1. The molecule has 0 amide bonds. The highest BCUT2D eigenvalue weighted by Crippen LogP contribution is 2.21. The third kappa shape index (κ3) is 4.04. The van der Waals surface area contributed by atoms with Gasteiger partial charge in [0, 0.05) is 24.0 Å². The molecule has 2 heterocycles. The number of rotatable bonds is 6. The third-order valence-corrected chi connectivity index (χ3v) is 5.08. The first-order chi connectivity index (χ1) is 9.58. The summed E-state index contributed by atoms with van der Waals surface area (Å²) in [5.74, 6) is -0.828. The normalized spacial score (nSPS) is 18.1. The molecule has 2 N–H and O–H groups in total. The molecule has 0 aliphatic carbocycles. The molecule has 0 spiro atoms. The minimum atomic E-state index is -0.828. The van der Waals surface area contributed by atoms with Gasteiger partial charge in [-0.1, -0.05) is 6.42 Å². The first kappa shape index (κ1) is 15.5. The monoisotopic (exact) mass is 296 g/mol. The van der Waals surface area contributed by atoms with Gasteiger partial charge in [0.25, 0.3) is 0 Å². The lowest BCUT2D eigenvalue weighted by molar-refractivity contribution is 0.0702. The molecular formula is C15H24N2O2S. The summed E-state index contributed by atoms with van der Waals surface area (Å²) in [5.41, 5.74) is 1.11. The number of carboxylic acids is 1. The number of hydrogen-bond acceptors (Lipinski definition) is 4. The van der Waals surface area contributed by atoms with Crippen molar-refractivity contribution in [3.8, 4) is 0 Å². The molecular weight excluding hydrogens is 272 g/mol. The lowest BCUT2D eigenvalue weighted by Gasteiger charge is -2.32. The van der Waals surface area contributed by atoms with E-state index in [9.17, 15) is 4.79 Å². The molecule has 112 valence electrons. The molecule has 0 saturated carbocycles. The predicted octanol–water partition coefficient (Wildman–Crippen LogP) is 2.72. The minimum Gasteiger partial charge on any atom is -0.477 e. The first-order valence-electron chi connectivity index (χ1n) is 7.35. The topological polar surface area (TPSA) is 52.6 Å². The van der Waals surface area contributed by atoms with Crippen LogP contribution < -0.4 is 5.32 Å². The van der Waals surface area contributed by atoms with Crippen molar-refractivity contribution in [1.82, 2.24) is 10.2 Å². The Balaban J connectivity index is 1.78. The fourth-order valence-electron chi connectivity index (χ4n) is 2.70. The van der Waals surface area contributed by atoms with Crippen molar-refractivity contribution in [2.24, 2.45) is 0 Å². The van der Waals surface area contributed by atoms with Crippen LogP contribution in [0.15, 0.2) is 6.07 Å². The van der Waals surface area contributed by atoms with Crippen LogP contribution in [0.1, 0.15) is 46.3 Å². The summed E-state index contributed by atoms with van der Waals surface area (Å²) in [6.45, 7) is 8.39. The zero-order valence-electron chi connectivity index (χ0n) is 12.3. The molecule has 1 aromatic rings. The molecule has 1 aliphatic rings. The highest BCUT2D eigenvalue weighted by molar-refractivity contribution is 7.14. The highest BCUT2D eigenvalue weighted by atomic mass is 32.1. The van der Waals surface area contributed by atoms with Gasteiger partial charge in [-0.15, -0.1) is 11.3 Å². The summed E-state index contributed by atoms with van der Waals surface area (Å²) in [6.07, 6.45) is 3.99. The van der Waals surface area contributed by atoms with E-state index in [1.165, 1.54) is 43.7 Å². The van der Waals surface area contributed by atoms with Crippen LogP contribution >= 0.6 is 11.3 Å². The molecule has 1 aromatic heterocycles. The molecule has 2 rings (SSSR count). The molecule has 1 unspecified atom stereocenters. The molecule has 4 nitrogen and oxygen atoms in total. The van der Waals surface area contributed by atoms with E-state index in [4.69, 9.17) is 5.11 Å². The van der Waals surface area contributed by atoms with Gasteiger partial charge in [0.15, 0.2) is 0 Å². The number of piperidine rings is 1. The minimum absolute atomic E-state index is 0.434. The summed E-state index contributed by atoms with van der Waals surface area (Å²) in [5, 5.41) is 12.5. The first-order valence-corrected chi connectivity index (χ1v) is 8.17. The molecule has 0 aromatic carbocycles. The number of hydrogen-bond donors (Lipinski definition) is 2. The zero-order valence-corrected chi connectivity index (χ0v) is 13.1. The Morgan fingerprint density at radius 1 is 1.45 bits per heavy atom. The lowest BCUT2D eigenvalue weighted by Crippen LogP contribution is -2.42. The number of likely N-dealkylation sites (tertiary alicyclic amines) is 1. The Kier molecular flexibility index (Phi) is 5.57. The second kappa shape index (κ2) is 7.20. The van der Waals surface area contributed by atoms with Crippen molar-refractivity contribution >= 4 is 17.3 Å². The van der Waals surface area contributed by atoms with E-state index >= 15 is 0 Å². The molecule has 1 saturated heterocycles. The quantitative estimate of drug-likeness (QED) is 0.847. The van der Waals surface area contributed by atoms with Gasteiger partial charge in [-0.25, -0.2) is 4.79 Å². The van der Waals surface area contributed by atoms with Crippen molar-refractivity contribution in [1.29, 1.82) is 0 Å². The second-order valence-electron chi connectivity index (χ2n) is 5.57. The number of carboxylic acid groups (broad SMARTS) is 1. The average Bonchev–Trinajstić information content (AvgIpc) is 2.81. The van der Waals surface area contributed by atoms with E-state index in [0.29, 0.717) is 10.9 Å². The Labute approximate surface area is 124 Å². The van der Waals surface area contributed by atoms with Gasteiger partial charge in [-0.2, -0.15) is 0 Å². The van der Waals surface area contributed by atoms with Crippen molar-refractivity contribution in [2.75, 3.05) is 19.6 Å². The van der Waals surface area contributed by atoms with Crippen LogP contribution in [0.4, 0.5) is 0 Å². The Morgan fingerprint density at radius 2 is 2.15 bits per heavy atom. The van der Waals surface area contributed by atoms with E-state index < -0.39 is 5.97 Å². The number of aryl methyl sites for hydroxylation is 1. The molecule has 1 aliphatic heterocycles. The molecule has 5 heteroatoms. The van der Waals surface area contributed by atoms with Crippen LogP contribution in [0.2, 0.25) is 0 Å². The fourth-order valence-corrected chi connectivity index (χ4v) is 3.59. The molecule has 20 heavy (non-hydrogen) atoms. The highest BCUT2D eigenvalue weighted by Gasteiger charge is 2.16. The Bertz CT molecular complexity index is 453. The summed E-state index contributed by atoms with van der Waals surface area (Å²) >= 11 is 1.36. The molecule has 0 bridgehead atoms. The summed E-state index contributed by atoms with van der Waals surface area (Å²) in [7, 11) is 0. The van der Waals surface area contributed by atoms with E-state index in [2.05, 4.69) is 17.1 Å². The van der Waals surface area contributed by atoms with E-state index in [1.54, 1.807) is 6.07 Å². The summed E-state index contributed by atoms with van der Waals surface area (Å²) in [4.78, 5) is 15.0. The van der Waals surface area contributed by atoms with E-state index in [0.717, 1.165) is 23.5 Å². The molecule has 0 radical (unpaired) electrons. The summed E-state index contributed by atoms with van der Waals surface area (Å²) < 4.78 is 0. The van der Waals surface area contributed by atoms with Crippen LogP contribution in [0.5, 0.6) is 0 Å². The van der Waals surface area contributed by atoms with Gasteiger partial charge in [0.2, 0.25) is 0 Å². The molecule has 1 fully saturated rings. The molecule has 1 atom stereocenters. The maximum atomic E-state index is 10.9. The van der Waals surface area contributed by atoms with Crippen molar-refractivity contribution in [2.45, 2.75) is 45.7 Å². The van der Waals surface area contributed by atoms with Crippen molar-refractivity contribution in [3.05, 3.63) is 21.4 Å². The Morgan fingerprint density at radius 3 is 2.75 bits per heavy atom. The SMILES string of the molecule is Cc1sc(C(=O)O)cc1CNCC(C)N1CCCCC1. The summed E-state index contributed by atoms with van der Waals surface area (Å²) in [6, 6.07) is 2.34. The smallest absolute Gasteiger partial charge is 0.345 e. The van der Waals surface area contributed by atoms with Crippen LogP contribution in [-0.4, -0.2) is 41.7 Å². The second-order valence-corrected chi connectivity index (χ2v) is 6.83. The van der Waals surface area contributed by atoms with Crippen LogP contribution in [0, 0.1) is 6.92 Å². The van der Waals surface area contributed by atoms with Crippen molar-refractivity contribution in [3.63, 3.8) is 0 Å². The van der Waals surface area contributed by atoms with Gasteiger partial charge in [0.05, 0.1) is 0 Å². The number of nitrogens with one attached hydrogen (secondary N) is 1. The Hall–Kier alpha value is -0.910. The fraction of sp³-hybridized carbons (Fsp3) is 0.667. The maximum absolute atomic E-state index is 10.9. The van der Waals surface area contributed by atoms with Crippen LogP contribution in [0.3, 0.4) is 0 Å². The van der Waals surface area contributed by atoms with E-state index in [1.807, 2.05) is 6.92 Å². The standard InChI is InChI=1S/C15H24N2O2S/c1-11(17-6-4-3-5-7-17)9-16-10-13-8-14(15(18)19)20-12(13)2/h8,11,16H,3-7,9-10H2,1-2H3,(H,18,19). The largest absolute Gasteiger partial charge is 0.477 e. The van der Waals surface area contributed by atoms with Gasteiger partial charge >= 0.3 is 5.97 Å². The van der Waals surface area contributed by atoms with Gasteiger partial charge in [-0.05, 0) is 51.4 Å². The number of carbonyl (C=O) groups is 1. The zero-order chi connectivity index (χ0) is 14.5. The van der Waals surface area contributed by atoms with Gasteiger partial charge in [0.1, 0.15) is 4.88 Å². The predicted molar refractivity (Wildman–Crippen MR) is 82.6 cm³/mol. The van der Waals surface area contributed by atoms with Crippen LogP contribution in [0.25, 0.3) is 0 Å². The average molecular weight is 296 g/mol. The van der Waals surface area contributed by atoms with Gasteiger partial charge in [-0.3, -0.25) is 4.90 Å². The maximum Gasteiger partial charge on any atom is 0.345 e. The number of aromatic carboxylic acids is 1.